The van der Waals surface area contributed by atoms with Gasteiger partial charge < -0.3 is 14.3 Å². The van der Waals surface area contributed by atoms with Gasteiger partial charge >= 0.3 is 0 Å². The second-order valence-electron chi connectivity index (χ2n) is 5.49. The Morgan fingerprint density at radius 1 is 1.35 bits per heavy atom. The van der Waals surface area contributed by atoms with Crippen LogP contribution in [-0.4, -0.2) is 28.6 Å². The van der Waals surface area contributed by atoms with Crippen molar-refractivity contribution in [3.8, 4) is 23.7 Å². The molecule has 1 aromatic carbocycles. The first kappa shape index (κ1) is 17.6. The van der Waals surface area contributed by atoms with Gasteiger partial charge in [0.1, 0.15) is 11.5 Å². The highest BCUT2D eigenvalue weighted by Crippen LogP contribution is 2.33. The molecule has 0 atom stereocenters. The Hall–Kier alpha value is -3.24. The third-order valence-corrected chi connectivity index (χ3v) is 4.66. The van der Waals surface area contributed by atoms with Gasteiger partial charge in [0, 0.05) is 11.6 Å². The molecule has 7 heteroatoms. The van der Waals surface area contributed by atoms with E-state index in [1.54, 1.807) is 25.1 Å². The number of aromatic carboxylic acids is 1. The number of amides is 2. The third kappa shape index (κ3) is 3.27. The standard InChI is InChI=1S/C19H13NO5S/c1-3-8-20-17(21)16(26-19(20)24)10-13-5-7-15(25-13)14-6-4-12(18(22)23)9-11(14)2/h1,4-7,9-10H,8H2,2H3,(H,22,23)/p-1/b16-10-. The Balaban J connectivity index is 1.87. The number of terminal acetylenes is 1. The van der Waals surface area contributed by atoms with Crippen LogP contribution >= 0.6 is 11.8 Å². The summed E-state index contributed by atoms with van der Waals surface area (Å²) in [7, 11) is 0. The van der Waals surface area contributed by atoms with E-state index in [0.717, 1.165) is 22.2 Å². The van der Waals surface area contributed by atoms with Crippen molar-refractivity contribution in [3.63, 3.8) is 0 Å². The molecule has 0 unspecified atom stereocenters. The van der Waals surface area contributed by atoms with Crippen molar-refractivity contribution in [1.82, 2.24) is 4.90 Å². The Bertz CT molecular complexity index is 996. The van der Waals surface area contributed by atoms with E-state index in [1.807, 2.05) is 0 Å². The van der Waals surface area contributed by atoms with E-state index < -0.39 is 17.1 Å². The number of carboxylic acids is 1. The van der Waals surface area contributed by atoms with E-state index >= 15 is 0 Å². The van der Waals surface area contributed by atoms with E-state index in [0.29, 0.717) is 17.1 Å². The number of aryl methyl sites for hydroxylation is 1. The highest BCUT2D eigenvalue weighted by molar-refractivity contribution is 8.18. The lowest BCUT2D eigenvalue weighted by molar-refractivity contribution is -0.255. The van der Waals surface area contributed by atoms with E-state index in [-0.39, 0.29) is 17.0 Å². The fourth-order valence-corrected chi connectivity index (χ4v) is 3.32. The smallest absolute Gasteiger partial charge is 0.294 e. The summed E-state index contributed by atoms with van der Waals surface area (Å²) in [6.07, 6.45) is 6.64. The topological polar surface area (TPSA) is 90.7 Å². The molecule has 2 heterocycles. The number of carbonyl (C=O) groups excluding carboxylic acids is 3. The normalized spacial score (nSPS) is 15.5. The maximum absolute atomic E-state index is 12.2. The third-order valence-electron chi connectivity index (χ3n) is 3.75. The SMILES string of the molecule is C#CCN1C(=O)S/C(=C\c2ccc(-c3ccc(C(=O)[O-])cc3C)o2)C1=O. The largest absolute Gasteiger partial charge is 0.545 e. The number of furan rings is 1. The van der Waals surface area contributed by atoms with Crippen LogP contribution in [0.4, 0.5) is 4.79 Å². The molecule has 0 saturated carbocycles. The van der Waals surface area contributed by atoms with Gasteiger partial charge in [-0.25, -0.2) is 0 Å². The number of rotatable bonds is 4. The Morgan fingerprint density at radius 2 is 2.12 bits per heavy atom. The molecule has 1 aliphatic rings. The molecule has 0 aliphatic carbocycles. The molecule has 2 aromatic rings. The van der Waals surface area contributed by atoms with Gasteiger partial charge in [-0.3, -0.25) is 14.5 Å². The molecule has 0 radical (unpaired) electrons. The molecule has 26 heavy (non-hydrogen) atoms. The summed E-state index contributed by atoms with van der Waals surface area (Å²) in [5, 5.41) is 10.5. The lowest BCUT2D eigenvalue weighted by Crippen LogP contribution is -2.28. The van der Waals surface area contributed by atoms with Gasteiger partial charge in [0.25, 0.3) is 11.1 Å². The molecule has 1 aromatic heterocycles. The zero-order valence-electron chi connectivity index (χ0n) is 13.6. The van der Waals surface area contributed by atoms with E-state index in [4.69, 9.17) is 10.8 Å². The summed E-state index contributed by atoms with van der Waals surface area (Å²) in [4.78, 5) is 36.1. The lowest BCUT2D eigenvalue weighted by atomic mass is 10.0. The first-order valence-corrected chi connectivity index (χ1v) is 8.33. The molecule has 0 N–H and O–H groups in total. The predicted octanol–water partition coefficient (Wildman–Crippen LogP) is 2.29. The summed E-state index contributed by atoms with van der Waals surface area (Å²) in [6.45, 7) is 1.69. The van der Waals surface area contributed by atoms with E-state index in [1.165, 1.54) is 18.2 Å². The van der Waals surface area contributed by atoms with Gasteiger partial charge in [-0.15, -0.1) is 6.42 Å². The number of hydrogen-bond acceptors (Lipinski definition) is 6. The van der Waals surface area contributed by atoms with Crippen LogP contribution in [0.25, 0.3) is 17.4 Å². The summed E-state index contributed by atoms with van der Waals surface area (Å²) < 4.78 is 5.72. The zero-order chi connectivity index (χ0) is 18.8. The van der Waals surface area contributed by atoms with Crippen LogP contribution < -0.4 is 5.11 Å². The molecule has 1 saturated heterocycles. The van der Waals surface area contributed by atoms with Crippen molar-refractivity contribution in [2.45, 2.75) is 6.92 Å². The Labute approximate surface area is 153 Å². The van der Waals surface area contributed by atoms with Crippen molar-refractivity contribution in [3.05, 3.63) is 52.1 Å². The predicted molar refractivity (Wildman–Crippen MR) is 94.7 cm³/mol. The maximum atomic E-state index is 12.2. The van der Waals surface area contributed by atoms with Crippen LogP contribution in [-0.2, 0) is 4.79 Å². The minimum absolute atomic E-state index is 0.0740. The monoisotopic (exact) mass is 366 g/mol. The first-order valence-electron chi connectivity index (χ1n) is 7.51. The number of thioether (sulfide) groups is 1. The van der Waals surface area contributed by atoms with Crippen LogP contribution in [0, 0.1) is 19.3 Å². The first-order chi connectivity index (χ1) is 12.4. The number of carboxylic acid groups (broad SMARTS) is 1. The highest BCUT2D eigenvalue weighted by atomic mass is 32.2. The summed E-state index contributed by atoms with van der Waals surface area (Å²) in [5.41, 5.74) is 1.51. The van der Waals surface area contributed by atoms with E-state index in [2.05, 4.69) is 5.92 Å². The van der Waals surface area contributed by atoms with Crippen LogP contribution in [0.3, 0.4) is 0 Å². The lowest BCUT2D eigenvalue weighted by Gasteiger charge is -2.07. The van der Waals surface area contributed by atoms with E-state index in [9.17, 15) is 19.5 Å². The number of imide groups is 1. The molecule has 3 rings (SSSR count). The van der Waals surface area contributed by atoms with Crippen LogP contribution in [0.2, 0.25) is 0 Å². The van der Waals surface area contributed by atoms with Crippen LogP contribution in [0.5, 0.6) is 0 Å². The molecule has 0 bridgehead atoms. The van der Waals surface area contributed by atoms with Gasteiger partial charge in [-0.1, -0.05) is 18.1 Å². The average Bonchev–Trinajstić information content (AvgIpc) is 3.15. The molecular formula is C19H12NO5S-. The number of nitrogens with zero attached hydrogens (tertiary/aromatic N) is 1. The van der Waals surface area contributed by atoms with Gasteiger partial charge in [-0.2, -0.15) is 0 Å². The molecule has 130 valence electrons. The fraction of sp³-hybridized carbons (Fsp3) is 0.105. The highest BCUT2D eigenvalue weighted by Gasteiger charge is 2.34. The number of hydrogen-bond donors (Lipinski definition) is 0. The number of carbonyl (C=O) groups is 3. The molecule has 1 fully saturated rings. The summed E-state index contributed by atoms with van der Waals surface area (Å²) >= 11 is 0.801. The van der Waals surface area contributed by atoms with Crippen molar-refractivity contribution in [1.29, 1.82) is 0 Å². The minimum Gasteiger partial charge on any atom is -0.545 e. The fourth-order valence-electron chi connectivity index (χ4n) is 2.50. The second-order valence-corrected chi connectivity index (χ2v) is 6.48. The van der Waals surface area contributed by atoms with Gasteiger partial charge in [0.15, 0.2) is 0 Å². The number of benzene rings is 1. The molecule has 6 nitrogen and oxygen atoms in total. The zero-order valence-corrected chi connectivity index (χ0v) is 14.5. The van der Waals surface area contributed by atoms with Crippen molar-refractivity contribution >= 4 is 35.0 Å². The Morgan fingerprint density at radius 3 is 2.77 bits per heavy atom. The van der Waals surface area contributed by atoms with Crippen molar-refractivity contribution in [2.24, 2.45) is 0 Å². The van der Waals surface area contributed by atoms with Crippen molar-refractivity contribution < 1.29 is 23.9 Å². The molecule has 0 spiro atoms. The Kier molecular flexibility index (Phi) is 4.69. The molecular weight excluding hydrogens is 354 g/mol. The van der Waals surface area contributed by atoms with Gasteiger partial charge in [0.05, 0.1) is 17.4 Å². The summed E-state index contributed by atoms with van der Waals surface area (Å²) in [6, 6.07) is 7.93. The van der Waals surface area contributed by atoms with Crippen LogP contribution in [0.15, 0.2) is 39.7 Å². The molecule has 1 aliphatic heterocycles. The average molecular weight is 366 g/mol. The minimum atomic E-state index is -1.25. The second kappa shape index (κ2) is 6.94. The van der Waals surface area contributed by atoms with Gasteiger partial charge in [-0.05, 0) is 48.0 Å². The molecule has 2 amide bonds. The van der Waals surface area contributed by atoms with Crippen molar-refractivity contribution in [2.75, 3.05) is 6.54 Å². The van der Waals surface area contributed by atoms with Crippen LogP contribution in [0.1, 0.15) is 21.7 Å². The van der Waals surface area contributed by atoms with Gasteiger partial charge in [0.2, 0.25) is 0 Å². The maximum Gasteiger partial charge on any atom is 0.294 e. The quantitative estimate of drug-likeness (QED) is 0.609. The summed E-state index contributed by atoms with van der Waals surface area (Å²) in [5.74, 6) is 1.49.